The molecule has 1 heterocycles. The molecule has 0 atom stereocenters. The molecule has 1 aromatic carbocycles. The highest BCUT2D eigenvalue weighted by Crippen LogP contribution is 2.09. The van der Waals surface area contributed by atoms with Crippen LogP contribution in [0.4, 0.5) is 11.5 Å². The van der Waals surface area contributed by atoms with E-state index in [-0.39, 0.29) is 5.91 Å². The van der Waals surface area contributed by atoms with Crippen molar-refractivity contribution in [1.82, 2.24) is 5.16 Å². The van der Waals surface area contributed by atoms with Gasteiger partial charge >= 0.3 is 0 Å². The molecule has 0 spiro atoms. The SMILES string of the molecule is Nc1cccc(CCC(=O)Nc2ccon2)c1. The summed E-state index contributed by atoms with van der Waals surface area (Å²) in [6.45, 7) is 0. The van der Waals surface area contributed by atoms with Crippen LogP contribution in [0.2, 0.25) is 0 Å². The summed E-state index contributed by atoms with van der Waals surface area (Å²) in [5, 5.41) is 6.23. The quantitative estimate of drug-likeness (QED) is 0.786. The first-order valence-electron chi connectivity index (χ1n) is 5.29. The van der Waals surface area contributed by atoms with E-state index in [0.717, 1.165) is 5.56 Å². The summed E-state index contributed by atoms with van der Waals surface area (Å²) in [5.74, 6) is 0.337. The van der Waals surface area contributed by atoms with Gasteiger partial charge in [-0.3, -0.25) is 4.79 Å². The number of nitrogens with zero attached hydrogens (tertiary/aromatic N) is 1. The average Bonchev–Trinajstić information content (AvgIpc) is 2.79. The monoisotopic (exact) mass is 231 g/mol. The molecule has 5 heteroatoms. The van der Waals surface area contributed by atoms with Gasteiger partial charge in [0.1, 0.15) is 6.26 Å². The van der Waals surface area contributed by atoms with Gasteiger partial charge in [-0.05, 0) is 24.1 Å². The van der Waals surface area contributed by atoms with Crippen molar-refractivity contribution < 1.29 is 9.32 Å². The van der Waals surface area contributed by atoms with Crippen LogP contribution in [0.1, 0.15) is 12.0 Å². The molecule has 2 rings (SSSR count). The summed E-state index contributed by atoms with van der Waals surface area (Å²) in [4.78, 5) is 11.5. The molecule has 0 aliphatic rings. The number of aryl methyl sites for hydroxylation is 1. The minimum atomic E-state index is -0.0960. The highest BCUT2D eigenvalue weighted by Gasteiger charge is 2.04. The van der Waals surface area contributed by atoms with Crippen LogP contribution >= 0.6 is 0 Å². The number of rotatable bonds is 4. The molecule has 3 N–H and O–H groups in total. The first-order valence-corrected chi connectivity index (χ1v) is 5.29. The number of amides is 1. The molecule has 0 saturated heterocycles. The molecule has 88 valence electrons. The van der Waals surface area contributed by atoms with E-state index in [4.69, 9.17) is 5.73 Å². The molecule has 0 bridgehead atoms. The fourth-order valence-corrected chi connectivity index (χ4v) is 1.49. The zero-order valence-corrected chi connectivity index (χ0v) is 9.22. The molecule has 0 aliphatic carbocycles. The number of nitrogen functional groups attached to an aromatic ring is 1. The highest BCUT2D eigenvalue weighted by atomic mass is 16.5. The third-order valence-electron chi connectivity index (χ3n) is 2.30. The van der Waals surface area contributed by atoms with Crippen molar-refractivity contribution in [3.8, 4) is 0 Å². The van der Waals surface area contributed by atoms with Gasteiger partial charge in [-0.25, -0.2) is 0 Å². The van der Waals surface area contributed by atoms with Gasteiger partial charge in [0, 0.05) is 18.2 Å². The van der Waals surface area contributed by atoms with Gasteiger partial charge in [0.05, 0.1) is 0 Å². The van der Waals surface area contributed by atoms with Crippen molar-refractivity contribution in [3.63, 3.8) is 0 Å². The van der Waals surface area contributed by atoms with Crippen molar-refractivity contribution >= 4 is 17.4 Å². The number of carbonyl (C=O) groups is 1. The Hall–Kier alpha value is -2.30. The predicted molar refractivity (Wildman–Crippen MR) is 64.3 cm³/mol. The summed E-state index contributed by atoms with van der Waals surface area (Å²) in [5.41, 5.74) is 7.40. The van der Waals surface area contributed by atoms with Gasteiger partial charge in [0.2, 0.25) is 5.91 Å². The molecule has 1 amide bonds. The van der Waals surface area contributed by atoms with Gasteiger partial charge in [-0.15, -0.1) is 0 Å². The Morgan fingerprint density at radius 3 is 3.00 bits per heavy atom. The number of anilines is 2. The number of nitrogens with two attached hydrogens (primary N) is 1. The average molecular weight is 231 g/mol. The van der Waals surface area contributed by atoms with Crippen molar-refractivity contribution in [2.75, 3.05) is 11.1 Å². The minimum Gasteiger partial charge on any atom is -0.399 e. The molecule has 0 unspecified atom stereocenters. The zero-order valence-electron chi connectivity index (χ0n) is 9.22. The first-order chi connectivity index (χ1) is 8.24. The van der Waals surface area contributed by atoms with Crippen LogP contribution in [0.3, 0.4) is 0 Å². The van der Waals surface area contributed by atoms with Crippen LogP contribution in [0.5, 0.6) is 0 Å². The van der Waals surface area contributed by atoms with E-state index in [1.54, 1.807) is 6.07 Å². The molecule has 0 fully saturated rings. The summed E-state index contributed by atoms with van der Waals surface area (Å²) in [7, 11) is 0. The van der Waals surface area contributed by atoms with Crippen LogP contribution in [0, 0.1) is 0 Å². The predicted octanol–water partition coefficient (Wildman–Crippen LogP) is 1.83. The lowest BCUT2D eigenvalue weighted by Gasteiger charge is -2.02. The molecular weight excluding hydrogens is 218 g/mol. The van der Waals surface area contributed by atoms with E-state index in [0.29, 0.717) is 24.3 Å². The maximum Gasteiger partial charge on any atom is 0.225 e. The van der Waals surface area contributed by atoms with Gasteiger partial charge in [-0.1, -0.05) is 17.3 Å². The van der Waals surface area contributed by atoms with E-state index in [2.05, 4.69) is 15.0 Å². The number of hydrogen-bond acceptors (Lipinski definition) is 4. The number of hydrogen-bond donors (Lipinski definition) is 2. The van der Waals surface area contributed by atoms with E-state index >= 15 is 0 Å². The summed E-state index contributed by atoms with van der Waals surface area (Å²) in [6, 6.07) is 9.10. The van der Waals surface area contributed by atoms with Crippen molar-refractivity contribution in [2.45, 2.75) is 12.8 Å². The Balaban J connectivity index is 1.84. The Bertz CT molecular complexity index is 494. The van der Waals surface area contributed by atoms with E-state index < -0.39 is 0 Å². The van der Waals surface area contributed by atoms with Crippen LogP contribution < -0.4 is 11.1 Å². The Morgan fingerprint density at radius 2 is 2.29 bits per heavy atom. The fourth-order valence-electron chi connectivity index (χ4n) is 1.49. The van der Waals surface area contributed by atoms with E-state index in [1.165, 1.54) is 6.26 Å². The number of carbonyl (C=O) groups excluding carboxylic acids is 1. The van der Waals surface area contributed by atoms with Crippen molar-refractivity contribution in [1.29, 1.82) is 0 Å². The molecule has 0 radical (unpaired) electrons. The zero-order chi connectivity index (χ0) is 12.1. The Labute approximate surface area is 98.6 Å². The highest BCUT2D eigenvalue weighted by molar-refractivity contribution is 5.89. The van der Waals surface area contributed by atoms with Crippen LogP contribution in [0.15, 0.2) is 41.1 Å². The van der Waals surface area contributed by atoms with Crippen LogP contribution in [0.25, 0.3) is 0 Å². The number of benzene rings is 1. The molecule has 1 aromatic heterocycles. The summed E-state index contributed by atoms with van der Waals surface area (Å²) < 4.78 is 4.61. The minimum absolute atomic E-state index is 0.0960. The topological polar surface area (TPSA) is 81.2 Å². The first kappa shape index (κ1) is 11.2. The molecule has 17 heavy (non-hydrogen) atoms. The summed E-state index contributed by atoms with van der Waals surface area (Å²) >= 11 is 0. The van der Waals surface area contributed by atoms with E-state index in [1.807, 2.05) is 24.3 Å². The lowest BCUT2D eigenvalue weighted by molar-refractivity contribution is -0.116. The second kappa shape index (κ2) is 5.16. The van der Waals surface area contributed by atoms with Gasteiger partial charge < -0.3 is 15.6 Å². The third kappa shape index (κ3) is 3.34. The second-order valence-corrected chi connectivity index (χ2v) is 3.68. The normalized spacial score (nSPS) is 10.1. The summed E-state index contributed by atoms with van der Waals surface area (Å²) in [6.07, 6.45) is 2.44. The van der Waals surface area contributed by atoms with E-state index in [9.17, 15) is 4.79 Å². The van der Waals surface area contributed by atoms with Gasteiger partial charge in [0.25, 0.3) is 0 Å². The van der Waals surface area contributed by atoms with Gasteiger partial charge in [0.15, 0.2) is 5.82 Å². The van der Waals surface area contributed by atoms with Crippen molar-refractivity contribution in [3.05, 3.63) is 42.2 Å². The molecular formula is C12H13N3O2. The largest absolute Gasteiger partial charge is 0.399 e. The number of aromatic nitrogens is 1. The maximum absolute atomic E-state index is 11.5. The Kier molecular flexibility index (Phi) is 3.40. The molecule has 2 aromatic rings. The Morgan fingerprint density at radius 1 is 1.41 bits per heavy atom. The standard InChI is InChI=1S/C12H13N3O2/c13-10-3-1-2-9(8-10)4-5-12(16)14-11-6-7-17-15-11/h1-3,6-8H,4-5,13H2,(H,14,15,16). The van der Waals surface area contributed by atoms with Gasteiger partial charge in [-0.2, -0.15) is 0 Å². The molecule has 0 saturated carbocycles. The molecule has 5 nitrogen and oxygen atoms in total. The maximum atomic E-state index is 11.5. The smallest absolute Gasteiger partial charge is 0.225 e. The van der Waals surface area contributed by atoms with Crippen LogP contribution in [-0.2, 0) is 11.2 Å². The second-order valence-electron chi connectivity index (χ2n) is 3.68. The lowest BCUT2D eigenvalue weighted by atomic mass is 10.1. The van der Waals surface area contributed by atoms with Crippen molar-refractivity contribution in [2.24, 2.45) is 0 Å². The van der Waals surface area contributed by atoms with Crippen LogP contribution in [-0.4, -0.2) is 11.1 Å². The lowest BCUT2D eigenvalue weighted by Crippen LogP contribution is -2.12. The molecule has 0 aliphatic heterocycles. The number of nitrogens with one attached hydrogen (secondary N) is 1. The third-order valence-corrected chi connectivity index (χ3v) is 2.30. The fraction of sp³-hybridized carbons (Fsp3) is 0.167.